The molecule has 0 aromatic heterocycles. The molecule has 2 rings (SSSR count). The van der Waals surface area contributed by atoms with Crippen molar-refractivity contribution in [1.82, 2.24) is 4.90 Å². The lowest BCUT2D eigenvalue weighted by molar-refractivity contribution is 0.00787. The fourth-order valence-corrected chi connectivity index (χ4v) is 1.81. The largest absolute Gasteiger partial charge is 0.294 e. The van der Waals surface area contributed by atoms with Crippen molar-refractivity contribution >= 4 is 0 Å². The van der Waals surface area contributed by atoms with E-state index in [1.54, 1.807) is 12.1 Å². The maximum atomic E-state index is 12.9. The van der Waals surface area contributed by atoms with Gasteiger partial charge in [-0.3, -0.25) is 4.90 Å². The van der Waals surface area contributed by atoms with Crippen molar-refractivity contribution < 1.29 is 4.39 Å². The van der Waals surface area contributed by atoms with Gasteiger partial charge in [-0.15, -0.1) is 0 Å². The summed E-state index contributed by atoms with van der Waals surface area (Å²) in [6, 6.07) is 7.66. The Morgan fingerprint density at radius 3 is 2.86 bits per heavy atom. The molecule has 2 heteroatoms. The minimum atomic E-state index is -0.263. The number of nitrogens with zero attached hydrogens (tertiary/aromatic N) is 1. The molecule has 0 aliphatic carbocycles. The molecule has 1 nitrogen and oxygen atoms in total. The van der Waals surface area contributed by atoms with Gasteiger partial charge in [-0.1, -0.05) is 12.1 Å². The van der Waals surface area contributed by atoms with Gasteiger partial charge in [-0.05, 0) is 31.9 Å². The second-order valence-electron chi connectivity index (χ2n) is 4.53. The van der Waals surface area contributed by atoms with Crippen molar-refractivity contribution in [2.45, 2.75) is 32.4 Å². The van der Waals surface area contributed by atoms with Crippen LogP contribution < -0.4 is 0 Å². The molecule has 0 bridgehead atoms. The van der Waals surface area contributed by atoms with E-state index in [0.717, 1.165) is 18.7 Å². The molecule has 1 aliphatic rings. The number of halogens is 1. The van der Waals surface area contributed by atoms with Gasteiger partial charge in [0, 0.05) is 24.7 Å². The van der Waals surface area contributed by atoms with Gasteiger partial charge >= 0.3 is 0 Å². The first-order chi connectivity index (χ1) is 6.58. The number of benzene rings is 1. The minimum absolute atomic E-state index is 0.263. The number of rotatable bonds is 2. The van der Waals surface area contributed by atoms with Gasteiger partial charge in [-0.25, -0.2) is 4.39 Å². The maximum absolute atomic E-state index is 12.9. The van der Waals surface area contributed by atoms with Crippen molar-refractivity contribution in [3.8, 4) is 0 Å². The Hall–Kier alpha value is -0.890. The van der Waals surface area contributed by atoms with Crippen LogP contribution in [0.2, 0.25) is 0 Å². The molecule has 0 spiro atoms. The Morgan fingerprint density at radius 2 is 2.36 bits per heavy atom. The fraction of sp³-hybridized carbons (Fsp3) is 0.500. The molecule has 1 radical (unpaired) electrons. The normalized spacial score (nSPS) is 20.5. The van der Waals surface area contributed by atoms with Gasteiger partial charge in [0.25, 0.3) is 0 Å². The second-order valence-corrected chi connectivity index (χ2v) is 4.53. The highest BCUT2D eigenvalue weighted by molar-refractivity contribution is 5.16. The van der Waals surface area contributed by atoms with Crippen LogP contribution in [0.15, 0.2) is 18.2 Å². The number of likely N-dealkylation sites (tertiary alicyclic amines) is 1. The SMILES string of the molecule is CC1(C)CCN1Cc1cc[c]c(F)c1. The van der Waals surface area contributed by atoms with Crippen LogP contribution in [-0.4, -0.2) is 17.0 Å². The Labute approximate surface area is 84.5 Å². The summed E-state index contributed by atoms with van der Waals surface area (Å²) in [7, 11) is 0. The van der Waals surface area contributed by atoms with E-state index in [1.165, 1.54) is 6.42 Å². The summed E-state index contributed by atoms with van der Waals surface area (Å²) in [6.07, 6.45) is 1.23. The molecule has 14 heavy (non-hydrogen) atoms. The molecule has 0 saturated carbocycles. The lowest BCUT2D eigenvalue weighted by Crippen LogP contribution is -2.54. The zero-order chi connectivity index (χ0) is 10.2. The van der Waals surface area contributed by atoms with E-state index in [0.29, 0.717) is 0 Å². The van der Waals surface area contributed by atoms with Crippen molar-refractivity contribution in [1.29, 1.82) is 0 Å². The molecular weight excluding hydrogens is 177 g/mol. The fourth-order valence-electron chi connectivity index (χ4n) is 1.81. The van der Waals surface area contributed by atoms with Crippen molar-refractivity contribution in [2.24, 2.45) is 0 Å². The zero-order valence-electron chi connectivity index (χ0n) is 8.68. The van der Waals surface area contributed by atoms with Crippen LogP contribution in [0.25, 0.3) is 0 Å². The van der Waals surface area contributed by atoms with Crippen LogP contribution in [0.3, 0.4) is 0 Å². The van der Waals surface area contributed by atoms with Gasteiger partial charge in [-0.2, -0.15) is 0 Å². The summed E-state index contributed by atoms with van der Waals surface area (Å²) in [5.41, 5.74) is 1.32. The smallest absolute Gasteiger partial charge is 0.131 e. The van der Waals surface area contributed by atoms with E-state index in [9.17, 15) is 4.39 Å². The Kier molecular flexibility index (Phi) is 2.31. The molecule has 1 aromatic rings. The monoisotopic (exact) mass is 192 g/mol. The third-order valence-electron chi connectivity index (χ3n) is 3.05. The molecule has 0 N–H and O–H groups in total. The van der Waals surface area contributed by atoms with E-state index in [4.69, 9.17) is 0 Å². The summed E-state index contributed by atoms with van der Waals surface area (Å²) >= 11 is 0. The topological polar surface area (TPSA) is 3.24 Å². The number of hydrogen-bond donors (Lipinski definition) is 0. The van der Waals surface area contributed by atoms with Crippen molar-refractivity contribution in [3.63, 3.8) is 0 Å². The molecule has 75 valence electrons. The maximum Gasteiger partial charge on any atom is 0.131 e. The highest BCUT2D eigenvalue weighted by Gasteiger charge is 2.35. The molecule has 0 atom stereocenters. The second kappa shape index (κ2) is 3.35. The third-order valence-corrected chi connectivity index (χ3v) is 3.05. The summed E-state index contributed by atoms with van der Waals surface area (Å²) < 4.78 is 12.9. The lowest BCUT2D eigenvalue weighted by atomic mass is 9.88. The Balaban J connectivity index is 2.05. The van der Waals surface area contributed by atoms with Gasteiger partial charge in [0.15, 0.2) is 0 Å². The van der Waals surface area contributed by atoms with Crippen LogP contribution in [-0.2, 0) is 6.54 Å². The molecule has 1 heterocycles. The van der Waals surface area contributed by atoms with Gasteiger partial charge in [0.2, 0.25) is 0 Å². The molecule has 1 fully saturated rings. The standard InChI is InChI=1S/C12H15FN/c1-12(2)6-7-14(12)9-10-4-3-5-11(13)8-10/h3-4,8H,6-7,9H2,1-2H3. The van der Waals surface area contributed by atoms with Crippen molar-refractivity contribution in [3.05, 3.63) is 35.6 Å². The highest BCUT2D eigenvalue weighted by Crippen LogP contribution is 2.30. The third kappa shape index (κ3) is 1.80. The Bertz CT molecular complexity index is 333. The Morgan fingerprint density at radius 1 is 1.57 bits per heavy atom. The van der Waals surface area contributed by atoms with E-state index >= 15 is 0 Å². The number of hydrogen-bond acceptors (Lipinski definition) is 1. The average molecular weight is 192 g/mol. The molecule has 0 unspecified atom stereocenters. The molecule has 1 saturated heterocycles. The molecule has 0 amide bonds. The first-order valence-electron chi connectivity index (χ1n) is 4.99. The summed E-state index contributed by atoms with van der Waals surface area (Å²) in [4.78, 5) is 2.36. The minimum Gasteiger partial charge on any atom is -0.294 e. The van der Waals surface area contributed by atoms with Crippen LogP contribution in [0.4, 0.5) is 4.39 Å². The van der Waals surface area contributed by atoms with Crippen LogP contribution in [0.1, 0.15) is 25.8 Å². The predicted molar refractivity (Wildman–Crippen MR) is 54.3 cm³/mol. The molecular formula is C12H15FN. The van der Waals surface area contributed by atoms with Crippen LogP contribution in [0, 0.1) is 11.9 Å². The zero-order valence-corrected chi connectivity index (χ0v) is 8.68. The highest BCUT2D eigenvalue weighted by atomic mass is 19.1. The van der Waals surface area contributed by atoms with E-state index in [2.05, 4.69) is 24.8 Å². The van der Waals surface area contributed by atoms with Crippen LogP contribution in [0.5, 0.6) is 0 Å². The van der Waals surface area contributed by atoms with Gasteiger partial charge in [0.1, 0.15) is 5.82 Å². The molecule has 1 aromatic carbocycles. The average Bonchev–Trinajstić information content (AvgIpc) is 2.13. The van der Waals surface area contributed by atoms with E-state index in [1.807, 2.05) is 6.07 Å². The van der Waals surface area contributed by atoms with Gasteiger partial charge in [0.05, 0.1) is 0 Å². The van der Waals surface area contributed by atoms with Gasteiger partial charge < -0.3 is 0 Å². The predicted octanol–water partition coefficient (Wildman–Crippen LogP) is 2.61. The summed E-state index contributed by atoms with van der Waals surface area (Å²) in [6.45, 7) is 6.41. The van der Waals surface area contributed by atoms with Crippen LogP contribution >= 0.6 is 0 Å². The first kappa shape index (κ1) is 9.66. The quantitative estimate of drug-likeness (QED) is 0.696. The lowest BCUT2D eigenvalue weighted by Gasteiger charge is -2.48. The van der Waals surface area contributed by atoms with Crippen molar-refractivity contribution in [2.75, 3.05) is 6.54 Å². The summed E-state index contributed by atoms with van der Waals surface area (Å²) in [5, 5.41) is 0. The summed E-state index contributed by atoms with van der Waals surface area (Å²) in [5.74, 6) is -0.263. The van der Waals surface area contributed by atoms with E-state index in [-0.39, 0.29) is 11.4 Å². The first-order valence-corrected chi connectivity index (χ1v) is 4.99. The van der Waals surface area contributed by atoms with E-state index < -0.39 is 0 Å². The molecule has 1 aliphatic heterocycles.